The Hall–Kier alpha value is -1.15. The summed E-state index contributed by atoms with van der Waals surface area (Å²) in [5.74, 6) is -1.14. The molecule has 0 aliphatic rings. The maximum Gasteiger partial charge on any atom is 0.338 e. The Morgan fingerprint density at radius 3 is 2.71 bits per heavy atom. The van der Waals surface area contributed by atoms with Crippen LogP contribution in [0.3, 0.4) is 0 Å². The Labute approximate surface area is 142 Å². The number of aromatic nitrogens is 1. The second-order valence-electron chi connectivity index (χ2n) is 3.72. The first-order valence-corrected chi connectivity index (χ1v) is 7.85. The van der Waals surface area contributed by atoms with Crippen molar-refractivity contribution in [1.82, 2.24) is 4.98 Å². The predicted octanol–water partition coefficient (Wildman–Crippen LogP) is 4.01. The number of nitrogens with one attached hydrogen (secondary N) is 1. The molecule has 5 nitrogen and oxygen atoms in total. The fraction of sp³-hybridized carbons (Fsp3) is 0.0833. The van der Waals surface area contributed by atoms with Gasteiger partial charge in [0.25, 0.3) is 5.91 Å². The van der Waals surface area contributed by atoms with E-state index in [4.69, 9.17) is 27.9 Å². The molecular formula is C12H7BrCl2N2O3S. The molecule has 1 N–H and O–H groups in total. The minimum atomic E-state index is -0.663. The fourth-order valence-electron chi connectivity index (χ4n) is 1.31. The van der Waals surface area contributed by atoms with Crippen molar-refractivity contribution < 1.29 is 14.3 Å². The van der Waals surface area contributed by atoms with Gasteiger partial charge in [-0.05, 0) is 34.1 Å². The van der Waals surface area contributed by atoms with Crippen LogP contribution in [0.5, 0.6) is 0 Å². The maximum absolute atomic E-state index is 11.7. The molecule has 1 aromatic heterocycles. The van der Waals surface area contributed by atoms with Crippen molar-refractivity contribution in [2.24, 2.45) is 0 Å². The maximum atomic E-state index is 11.7. The van der Waals surface area contributed by atoms with Gasteiger partial charge in [-0.3, -0.25) is 10.1 Å². The zero-order valence-corrected chi connectivity index (χ0v) is 14.1. The van der Waals surface area contributed by atoms with Crippen molar-refractivity contribution >= 4 is 67.5 Å². The second kappa shape index (κ2) is 7.22. The molecule has 21 heavy (non-hydrogen) atoms. The van der Waals surface area contributed by atoms with Crippen LogP contribution in [0, 0.1) is 0 Å². The highest BCUT2D eigenvalue weighted by Gasteiger charge is 2.12. The van der Waals surface area contributed by atoms with Gasteiger partial charge in [0.2, 0.25) is 0 Å². The van der Waals surface area contributed by atoms with Crippen molar-refractivity contribution in [3.63, 3.8) is 0 Å². The third-order valence-corrected chi connectivity index (χ3v) is 4.34. The van der Waals surface area contributed by atoms with Crippen LogP contribution in [0.25, 0.3) is 0 Å². The first-order chi connectivity index (χ1) is 9.95. The molecule has 1 amide bonds. The molecule has 0 atom stereocenters. The number of carbonyl (C=O) groups excluding carboxylic acids is 2. The molecule has 0 bridgehead atoms. The van der Waals surface area contributed by atoms with Crippen LogP contribution in [-0.4, -0.2) is 23.5 Å². The summed E-state index contributed by atoms with van der Waals surface area (Å²) in [4.78, 5) is 27.3. The summed E-state index contributed by atoms with van der Waals surface area (Å²) in [6.45, 7) is -0.420. The van der Waals surface area contributed by atoms with Crippen molar-refractivity contribution in [1.29, 1.82) is 0 Å². The lowest BCUT2D eigenvalue weighted by Gasteiger charge is -2.05. The van der Waals surface area contributed by atoms with Crippen LogP contribution in [0.15, 0.2) is 28.2 Å². The summed E-state index contributed by atoms with van der Waals surface area (Å²) < 4.78 is 5.66. The largest absolute Gasteiger partial charge is 0.452 e. The number of nitrogens with zero attached hydrogens (tertiary/aromatic N) is 1. The van der Waals surface area contributed by atoms with Crippen LogP contribution < -0.4 is 5.32 Å². The number of amides is 1. The van der Waals surface area contributed by atoms with E-state index in [2.05, 4.69) is 26.2 Å². The number of anilines is 1. The van der Waals surface area contributed by atoms with Gasteiger partial charge in [0.05, 0.1) is 25.6 Å². The third-order valence-electron chi connectivity index (χ3n) is 2.21. The standard InChI is InChI=1S/C12H7BrCl2N2O3S/c13-9-4-16-12(21-9)17-10(18)5-20-11(19)6-1-2-7(14)8(15)3-6/h1-4H,5H2,(H,16,17,18). The van der Waals surface area contributed by atoms with Crippen LogP contribution in [-0.2, 0) is 9.53 Å². The number of ether oxygens (including phenoxy) is 1. The fourth-order valence-corrected chi connectivity index (χ4v) is 2.73. The molecule has 0 saturated heterocycles. The van der Waals surface area contributed by atoms with E-state index in [1.807, 2.05) is 0 Å². The number of halogens is 3. The molecule has 110 valence electrons. The van der Waals surface area contributed by atoms with Crippen LogP contribution in [0.4, 0.5) is 5.13 Å². The summed E-state index contributed by atoms with van der Waals surface area (Å²) in [6.07, 6.45) is 1.56. The smallest absolute Gasteiger partial charge is 0.338 e. The Bertz CT molecular complexity index is 693. The molecule has 9 heteroatoms. The molecule has 2 rings (SSSR count). The number of carbonyl (C=O) groups is 2. The van der Waals surface area contributed by atoms with E-state index in [0.717, 1.165) is 3.79 Å². The van der Waals surface area contributed by atoms with E-state index in [-0.39, 0.29) is 10.6 Å². The highest BCUT2D eigenvalue weighted by Crippen LogP contribution is 2.24. The summed E-state index contributed by atoms with van der Waals surface area (Å²) in [6, 6.07) is 4.32. The molecule has 1 aromatic carbocycles. The van der Waals surface area contributed by atoms with Crippen molar-refractivity contribution in [2.45, 2.75) is 0 Å². The zero-order valence-electron chi connectivity index (χ0n) is 10.2. The Kier molecular flexibility index (Phi) is 5.58. The SMILES string of the molecule is O=C(COC(=O)c1ccc(Cl)c(Cl)c1)Nc1ncc(Br)s1. The quantitative estimate of drug-likeness (QED) is 0.774. The lowest BCUT2D eigenvalue weighted by Crippen LogP contribution is -2.20. The first-order valence-electron chi connectivity index (χ1n) is 5.49. The number of benzene rings is 1. The number of thiazole rings is 1. The number of hydrogen-bond acceptors (Lipinski definition) is 5. The highest BCUT2D eigenvalue weighted by atomic mass is 79.9. The lowest BCUT2D eigenvalue weighted by molar-refractivity contribution is -0.119. The molecule has 0 aliphatic carbocycles. The molecule has 0 aliphatic heterocycles. The zero-order chi connectivity index (χ0) is 15.4. The van der Waals surface area contributed by atoms with Crippen molar-refractivity contribution in [3.8, 4) is 0 Å². The topological polar surface area (TPSA) is 68.3 Å². The number of hydrogen-bond donors (Lipinski definition) is 1. The highest BCUT2D eigenvalue weighted by molar-refractivity contribution is 9.11. The minimum absolute atomic E-state index is 0.217. The van der Waals surface area contributed by atoms with Gasteiger partial charge in [-0.25, -0.2) is 9.78 Å². The molecule has 0 unspecified atom stereocenters. The molecule has 0 fully saturated rings. The molecule has 0 radical (unpaired) electrons. The molecule has 0 saturated carbocycles. The van der Waals surface area contributed by atoms with Gasteiger partial charge in [0, 0.05) is 0 Å². The van der Waals surface area contributed by atoms with Gasteiger partial charge in [0.15, 0.2) is 11.7 Å². The molecule has 1 heterocycles. The van der Waals surface area contributed by atoms with Crippen LogP contribution in [0.2, 0.25) is 10.0 Å². The Balaban J connectivity index is 1.88. The summed E-state index contributed by atoms with van der Waals surface area (Å²) in [5, 5.41) is 3.49. The number of rotatable bonds is 4. The summed E-state index contributed by atoms with van der Waals surface area (Å²) in [7, 11) is 0. The van der Waals surface area contributed by atoms with E-state index in [9.17, 15) is 9.59 Å². The van der Waals surface area contributed by atoms with E-state index >= 15 is 0 Å². The van der Waals surface area contributed by atoms with Crippen LogP contribution in [0.1, 0.15) is 10.4 Å². The minimum Gasteiger partial charge on any atom is -0.452 e. The molecular weight excluding hydrogens is 403 g/mol. The van der Waals surface area contributed by atoms with E-state index in [1.165, 1.54) is 29.5 Å². The van der Waals surface area contributed by atoms with E-state index < -0.39 is 18.5 Å². The van der Waals surface area contributed by atoms with E-state index in [1.54, 1.807) is 6.20 Å². The number of esters is 1. The normalized spacial score (nSPS) is 10.2. The first kappa shape index (κ1) is 16.2. The Morgan fingerprint density at radius 2 is 2.10 bits per heavy atom. The molecule has 0 spiro atoms. The van der Waals surface area contributed by atoms with Gasteiger partial charge in [-0.2, -0.15) is 0 Å². The lowest BCUT2D eigenvalue weighted by atomic mass is 10.2. The van der Waals surface area contributed by atoms with Gasteiger partial charge in [0.1, 0.15) is 0 Å². The average Bonchev–Trinajstić information content (AvgIpc) is 2.84. The van der Waals surface area contributed by atoms with Gasteiger partial charge < -0.3 is 4.74 Å². The second-order valence-corrected chi connectivity index (χ2v) is 6.95. The third kappa shape index (κ3) is 4.67. The van der Waals surface area contributed by atoms with Gasteiger partial charge in [-0.1, -0.05) is 34.5 Å². The van der Waals surface area contributed by atoms with Crippen LogP contribution >= 0.6 is 50.5 Å². The summed E-state index contributed by atoms with van der Waals surface area (Å²) >= 11 is 16.0. The summed E-state index contributed by atoms with van der Waals surface area (Å²) in [5.41, 5.74) is 0.217. The van der Waals surface area contributed by atoms with Gasteiger partial charge in [-0.15, -0.1) is 0 Å². The average molecular weight is 410 g/mol. The van der Waals surface area contributed by atoms with Crippen molar-refractivity contribution in [3.05, 3.63) is 43.8 Å². The predicted molar refractivity (Wildman–Crippen MR) is 85.2 cm³/mol. The monoisotopic (exact) mass is 408 g/mol. The Morgan fingerprint density at radius 1 is 1.33 bits per heavy atom. The van der Waals surface area contributed by atoms with E-state index in [0.29, 0.717) is 10.2 Å². The molecule has 2 aromatic rings. The van der Waals surface area contributed by atoms with Crippen molar-refractivity contribution in [2.75, 3.05) is 11.9 Å². The van der Waals surface area contributed by atoms with Gasteiger partial charge >= 0.3 is 5.97 Å².